The quantitative estimate of drug-likeness (QED) is 0.779. The largest absolute Gasteiger partial charge is 0.507 e. The van der Waals surface area contributed by atoms with E-state index in [1.165, 1.54) is 6.07 Å². The number of aliphatic imine (C=N–C) groups is 1. The second kappa shape index (κ2) is 5.14. The average molecular weight is 228 g/mol. The third-order valence-electron chi connectivity index (χ3n) is 1.94. The second-order valence-electron chi connectivity index (χ2n) is 3.44. The number of aliphatic hydroxyl groups excluding tert-OH is 1. The number of aliphatic hydroxyl groups is 1. The van der Waals surface area contributed by atoms with Crippen LogP contribution in [0.15, 0.2) is 23.2 Å². The molecule has 0 bridgehead atoms. The summed E-state index contributed by atoms with van der Waals surface area (Å²) in [4.78, 5) is 4.14. The lowest BCUT2D eigenvalue weighted by Gasteiger charge is -2.05. The van der Waals surface area contributed by atoms with Crippen LogP contribution in [0.4, 0.5) is 0 Å². The van der Waals surface area contributed by atoms with Crippen LogP contribution in [0, 0.1) is 0 Å². The fourth-order valence-corrected chi connectivity index (χ4v) is 1.32. The number of nitrogens with zero attached hydrogens (tertiary/aromatic N) is 1. The van der Waals surface area contributed by atoms with E-state index in [2.05, 4.69) is 4.99 Å². The highest BCUT2D eigenvalue weighted by Gasteiger charge is 2.05. The van der Waals surface area contributed by atoms with E-state index in [0.717, 1.165) is 0 Å². The van der Waals surface area contributed by atoms with E-state index in [-0.39, 0.29) is 5.75 Å². The number of benzene rings is 1. The molecule has 1 rings (SSSR count). The molecule has 4 heteroatoms. The first-order valence-corrected chi connectivity index (χ1v) is 5.06. The number of halogens is 1. The summed E-state index contributed by atoms with van der Waals surface area (Å²) in [5.41, 5.74) is 1.26. The fraction of sp³-hybridized carbons (Fsp3) is 0.364. The minimum Gasteiger partial charge on any atom is -0.507 e. The van der Waals surface area contributed by atoms with Crippen molar-refractivity contribution in [2.45, 2.75) is 20.0 Å². The molecule has 0 aliphatic carbocycles. The Hall–Kier alpha value is -1.06. The number of phenolic OH excluding ortho intramolecular Hbond substituents is 1. The third kappa shape index (κ3) is 3.53. The Morgan fingerprint density at radius 2 is 2.20 bits per heavy atom. The van der Waals surface area contributed by atoms with Crippen LogP contribution in [0.5, 0.6) is 5.75 Å². The van der Waals surface area contributed by atoms with Gasteiger partial charge in [-0.25, -0.2) is 0 Å². The summed E-state index contributed by atoms with van der Waals surface area (Å²) in [5.74, 6) is 0.145. The summed E-state index contributed by atoms with van der Waals surface area (Å²) in [5, 5.41) is 19.2. The number of phenols is 1. The van der Waals surface area contributed by atoms with Gasteiger partial charge in [-0.1, -0.05) is 11.6 Å². The molecule has 0 aliphatic heterocycles. The molecule has 0 saturated carbocycles. The molecule has 0 aromatic heterocycles. The molecule has 1 aromatic carbocycles. The molecule has 2 N–H and O–H groups in total. The highest BCUT2D eigenvalue weighted by molar-refractivity contribution is 6.31. The van der Waals surface area contributed by atoms with Crippen molar-refractivity contribution < 1.29 is 10.2 Å². The Labute approximate surface area is 94.0 Å². The topological polar surface area (TPSA) is 52.8 Å². The van der Waals surface area contributed by atoms with Gasteiger partial charge in [-0.2, -0.15) is 0 Å². The molecule has 82 valence electrons. The summed E-state index contributed by atoms with van der Waals surface area (Å²) in [6.45, 7) is 3.75. The SMILES string of the molecule is CC(=NCC(C)O)c1cc(Cl)ccc1O. The molecule has 1 unspecified atom stereocenters. The van der Waals surface area contributed by atoms with Gasteiger partial charge in [0.05, 0.1) is 12.6 Å². The first-order valence-electron chi connectivity index (χ1n) is 4.68. The maximum absolute atomic E-state index is 9.57. The van der Waals surface area contributed by atoms with Gasteiger partial charge in [0, 0.05) is 16.3 Å². The lowest BCUT2D eigenvalue weighted by atomic mass is 10.1. The van der Waals surface area contributed by atoms with Crippen LogP contribution in [0.1, 0.15) is 19.4 Å². The lowest BCUT2D eigenvalue weighted by molar-refractivity contribution is 0.204. The highest BCUT2D eigenvalue weighted by atomic mass is 35.5. The molecule has 1 aromatic rings. The number of hydrogen-bond donors (Lipinski definition) is 2. The molecule has 0 radical (unpaired) electrons. The van der Waals surface area contributed by atoms with Crippen molar-refractivity contribution in [2.75, 3.05) is 6.54 Å². The summed E-state index contributed by atoms with van der Waals surface area (Å²) >= 11 is 5.81. The maximum atomic E-state index is 9.57. The van der Waals surface area contributed by atoms with Crippen LogP contribution in [0.3, 0.4) is 0 Å². The zero-order chi connectivity index (χ0) is 11.4. The second-order valence-corrected chi connectivity index (χ2v) is 3.87. The van der Waals surface area contributed by atoms with Crippen molar-refractivity contribution >= 4 is 17.3 Å². The summed E-state index contributed by atoms with van der Waals surface area (Å²) < 4.78 is 0. The molecule has 15 heavy (non-hydrogen) atoms. The molecule has 1 atom stereocenters. The molecular formula is C11H14ClNO2. The molecule has 0 saturated heterocycles. The molecular weight excluding hydrogens is 214 g/mol. The van der Waals surface area contributed by atoms with Crippen LogP contribution >= 0.6 is 11.6 Å². The van der Waals surface area contributed by atoms with Crippen LogP contribution in [0.2, 0.25) is 5.02 Å². The Bertz CT molecular complexity index is 375. The average Bonchev–Trinajstić information content (AvgIpc) is 2.18. The van der Waals surface area contributed by atoms with E-state index < -0.39 is 6.10 Å². The third-order valence-corrected chi connectivity index (χ3v) is 2.18. The monoisotopic (exact) mass is 227 g/mol. The Morgan fingerprint density at radius 1 is 1.53 bits per heavy atom. The van der Waals surface area contributed by atoms with Crippen molar-refractivity contribution in [3.8, 4) is 5.75 Å². The molecule has 0 heterocycles. The summed E-state index contributed by atoms with van der Waals surface area (Å²) in [7, 11) is 0. The van der Waals surface area contributed by atoms with Crippen molar-refractivity contribution in [3.05, 3.63) is 28.8 Å². The Morgan fingerprint density at radius 3 is 2.80 bits per heavy atom. The number of aromatic hydroxyl groups is 1. The molecule has 0 aliphatic rings. The Kier molecular flexibility index (Phi) is 4.12. The van der Waals surface area contributed by atoms with Gasteiger partial charge in [-0.3, -0.25) is 4.99 Å². The minimum atomic E-state index is -0.485. The smallest absolute Gasteiger partial charge is 0.124 e. The van der Waals surface area contributed by atoms with Crippen LogP contribution in [-0.4, -0.2) is 28.6 Å². The lowest BCUT2D eigenvalue weighted by Crippen LogP contribution is -2.07. The van der Waals surface area contributed by atoms with E-state index >= 15 is 0 Å². The van der Waals surface area contributed by atoms with Gasteiger partial charge < -0.3 is 10.2 Å². The van der Waals surface area contributed by atoms with Gasteiger partial charge >= 0.3 is 0 Å². The van der Waals surface area contributed by atoms with E-state index in [4.69, 9.17) is 16.7 Å². The number of rotatable bonds is 3. The van der Waals surface area contributed by atoms with Crippen molar-refractivity contribution in [1.82, 2.24) is 0 Å². The van der Waals surface area contributed by atoms with Crippen LogP contribution in [-0.2, 0) is 0 Å². The van der Waals surface area contributed by atoms with Crippen molar-refractivity contribution in [3.63, 3.8) is 0 Å². The summed E-state index contributed by atoms with van der Waals surface area (Å²) in [6, 6.07) is 4.79. The first-order chi connectivity index (χ1) is 7.00. The maximum Gasteiger partial charge on any atom is 0.124 e. The zero-order valence-corrected chi connectivity index (χ0v) is 9.49. The molecule has 3 nitrogen and oxygen atoms in total. The van der Waals surface area contributed by atoms with Crippen molar-refractivity contribution in [1.29, 1.82) is 0 Å². The van der Waals surface area contributed by atoms with Gasteiger partial charge in [0.1, 0.15) is 5.75 Å². The van der Waals surface area contributed by atoms with E-state index in [9.17, 15) is 5.11 Å². The number of hydrogen-bond acceptors (Lipinski definition) is 3. The van der Waals surface area contributed by atoms with Gasteiger partial charge in [0.2, 0.25) is 0 Å². The molecule has 0 spiro atoms. The highest BCUT2D eigenvalue weighted by Crippen LogP contribution is 2.22. The van der Waals surface area contributed by atoms with Gasteiger partial charge in [-0.15, -0.1) is 0 Å². The summed E-state index contributed by atoms with van der Waals surface area (Å²) in [6.07, 6.45) is -0.485. The van der Waals surface area contributed by atoms with Gasteiger partial charge in [0.15, 0.2) is 0 Å². The predicted molar refractivity (Wildman–Crippen MR) is 61.9 cm³/mol. The Balaban J connectivity index is 2.94. The predicted octanol–water partition coefficient (Wildman–Crippen LogP) is 2.24. The van der Waals surface area contributed by atoms with Gasteiger partial charge in [0.25, 0.3) is 0 Å². The van der Waals surface area contributed by atoms with E-state index in [1.807, 2.05) is 0 Å². The van der Waals surface area contributed by atoms with Gasteiger partial charge in [-0.05, 0) is 32.0 Å². The molecule has 0 fully saturated rings. The van der Waals surface area contributed by atoms with Crippen LogP contribution < -0.4 is 0 Å². The molecule has 0 amide bonds. The standard InChI is InChI=1S/C11H14ClNO2/c1-7(14)6-13-8(2)10-5-9(12)3-4-11(10)15/h3-5,7,14-15H,6H2,1-2H3. The van der Waals surface area contributed by atoms with E-state index in [1.54, 1.807) is 26.0 Å². The normalized spacial score (nSPS) is 14.0. The fourth-order valence-electron chi connectivity index (χ4n) is 1.15. The zero-order valence-electron chi connectivity index (χ0n) is 8.74. The minimum absolute atomic E-state index is 0.145. The van der Waals surface area contributed by atoms with Crippen LogP contribution in [0.25, 0.3) is 0 Å². The van der Waals surface area contributed by atoms with E-state index in [0.29, 0.717) is 22.8 Å². The first kappa shape index (κ1) is 12.0. The van der Waals surface area contributed by atoms with Crippen molar-refractivity contribution in [2.24, 2.45) is 4.99 Å².